The molecule has 0 saturated carbocycles. The second-order valence-corrected chi connectivity index (χ2v) is 5.38. The van der Waals surface area contributed by atoms with Crippen molar-refractivity contribution in [1.29, 1.82) is 0 Å². The number of hydrogen-bond donors (Lipinski definition) is 2. The van der Waals surface area contributed by atoms with Gasteiger partial charge in [-0.3, -0.25) is 4.79 Å². The summed E-state index contributed by atoms with van der Waals surface area (Å²) in [5, 5.41) is 9.38. The highest BCUT2D eigenvalue weighted by Gasteiger charge is 2.34. The zero-order valence-corrected chi connectivity index (χ0v) is 11.9. The molecule has 1 heterocycles. The van der Waals surface area contributed by atoms with Crippen molar-refractivity contribution in [3.05, 3.63) is 29.6 Å². The number of primary amides is 1. The topological polar surface area (TPSA) is 83.6 Å². The summed E-state index contributed by atoms with van der Waals surface area (Å²) in [6.07, 6.45) is 2.25. The molecule has 1 saturated heterocycles. The molecule has 1 aliphatic heterocycles. The van der Waals surface area contributed by atoms with Gasteiger partial charge in [0.05, 0.1) is 5.69 Å². The number of carbonyl (C=O) groups is 2. The van der Waals surface area contributed by atoms with Gasteiger partial charge in [-0.1, -0.05) is 13.3 Å². The number of piperidine rings is 1. The maximum Gasteiger partial charge on any atom is 0.326 e. The molecule has 5 nitrogen and oxygen atoms in total. The van der Waals surface area contributed by atoms with Crippen LogP contribution in [0.3, 0.4) is 0 Å². The molecular formula is C15H19FN2O3. The summed E-state index contributed by atoms with van der Waals surface area (Å²) in [6.45, 7) is 2.52. The van der Waals surface area contributed by atoms with Crippen molar-refractivity contribution in [1.82, 2.24) is 0 Å². The summed E-state index contributed by atoms with van der Waals surface area (Å²) in [5.41, 5.74) is 5.40. The average molecular weight is 294 g/mol. The Morgan fingerprint density at radius 2 is 2.19 bits per heavy atom. The van der Waals surface area contributed by atoms with E-state index in [9.17, 15) is 19.1 Å². The number of halogens is 1. The van der Waals surface area contributed by atoms with Crippen molar-refractivity contribution in [2.75, 3.05) is 11.4 Å². The van der Waals surface area contributed by atoms with E-state index in [1.807, 2.05) is 6.92 Å². The van der Waals surface area contributed by atoms with E-state index in [1.165, 1.54) is 12.1 Å². The first kappa shape index (κ1) is 15.3. The minimum Gasteiger partial charge on any atom is -0.480 e. The molecule has 0 spiro atoms. The van der Waals surface area contributed by atoms with Crippen molar-refractivity contribution in [2.45, 2.75) is 32.2 Å². The quantitative estimate of drug-likeness (QED) is 0.889. The summed E-state index contributed by atoms with van der Waals surface area (Å²) >= 11 is 0. The fourth-order valence-electron chi connectivity index (χ4n) is 2.82. The van der Waals surface area contributed by atoms with Gasteiger partial charge in [0.15, 0.2) is 0 Å². The Balaban J connectivity index is 2.31. The Kier molecular flexibility index (Phi) is 4.45. The van der Waals surface area contributed by atoms with Gasteiger partial charge in [-0.05, 0) is 37.0 Å². The fourth-order valence-corrected chi connectivity index (χ4v) is 2.82. The van der Waals surface area contributed by atoms with Crippen LogP contribution in [0.25, 0.3) is 0 Å². The lowest BCUT2D eigenvalue weighted by Gasteiger charge is -2.38. The predicted octanol–water partition coefficient (Wildman–Crippen LogP) is 2.00. The van der Waals surface area contributed by atoms with Crippen LogP contribution in [0.15, 0.2) is 18.2 Å². The second-order valence-electron chi connectivity index (χ2n) is 5.38. The molecule has 0 aromatic heterocycles. The molecule has 1 aromatic rings. The van der Waals surface area contributed by atoms with Gasteiger partial charge >= 0.3 is 5.97 Å². The largest absolute Gasteiger partial charge is 0.480 e. The maximum absolute atomic E-state index is 14.2. The van der Waals surface area contributed by atoms with Gasteiger partial charge in [-0.15, -0.1) is 0 Å². The van der Waals surface area contributed by atoms with Crippen LogP contribution in [-0.4, -0.2) is 29.6 Å². The molecule has 1 amide bonds. The van der Waals surface area contributed by atoms with E-state index in [1.54, 1.807) is 4.90 Å². The standard InChI is InChI=1S/C15H19FN2O3/c1-2-9-5-6-18(13(7-9)15(20)21)12-4-3-10(14(17)19)8-11(12)16/h3-4,8-9,13H,2,5-7H2,1H3,(H2,17,19)(H,20,21). The zero-order chi connectivity index (χ0) is 15.6. The van der Waals surface area contributed by atoms with E-state index in [4.69, 9.17) is 5.73 Å². The van der Waals surface area contributed by atoms with Crippen molar-refractivity contribution < 1.29 is 19.1 Å². The molecule has 2 unspecified atom stereocenters. The molecule has 0 bridgehead atoms. The van der Waals surface area contributed by atoms with Crippen LogP contribution in [0.5, 0.6) is 0 Å². The maximum atomic E-state index is 14.2. The van der Waals surface area contributed by atoms with Gasteiger partial charge in [0.1, 0.15) is 11.9 Å². The highest BCUT2D eigenvalue weighted by Crippen LogP contribution is 2.31. The first-order valence-electron chi connectivity index (χ1n) is 7.02. The summed E-state index contributed by atoms with van der Waals surface area (Å²) < 4.78 is 14.2. The Morgan fingerprint density at radius 1 is 1.48 bits per heavy atom. The molecular weight excluding hydrogens is 275 g/mol. The SMILES string of the molecule is CCC1CCN(c2ccc(C(N)=O)cc2F)C(C(=O)O)C1. The van der Waals surface area contributed by atoms with Crippen LogP contribution in [0.1, 0.15) is 36.5 Å². The van der Waals surface area contributed by atoms with Crippen LogP contribution < -0.4 is 10.6 Å². The van der Waals surface area contributed by atoms with E-state index >= 15 is 0 Å². The van der Waals surface area contributed by atoms with Gasteiger partial charge in [-0.25, -0.2) is 9.18 Å². The number of nitrogens with two attached hydrogens (primary N) is 1. The van der Waals surface area contributed by atoms with Crippen molar-refractivity contribution in [3.63, 3.8) is 0 Å². The molecule has 0 aliphatic carbocycles. The Labute approximate surface area is 122 Å². The molecule has 1 aliphatic rings. The third-order valence-electron chi connectivity index (χ3n) is 4.12. The molecule has 3 N–H and O–H groups in total. The highest BCUT2D eigenvalue weighted by atomic mass is 19.1. The van der Waals surface area contributed by atoms with Crippen molar-refractivity contribution >= 4 is 17.6 Å². The van der Waals surface area contributed by atoms with Gasteiger partial charge in [-0.2, -0.15) is 0 Å². The van der Waals surface area contributed by atoms with Gasteiger partial charge < -0.3 is 15.7 Å². The number of carbonyl (C=O) groups excluding carboxylic acids is 1. The normalized spacial score (nSPS) is 22.1. The highest BCUT2D eigenvalue weighted by molar-refractivity contribution is 5.93. The molecule has 1 fully saturated rings. The second kappa shape index (κ2) is 6.11. The smallest absolute Gasteiger partial charge is 0.326 e. The number of rotatable bonds is 4. The van der Waals surface area contributed by atoms with Gasteiger partial charge in [0, 0.05) is 12.1 Å². The number of benzene rings is 1. The Morgan fingerprint density at radius 3 is 2.71 bits per heavy atom. The molecule has 21 heavy (non-hydrogen) atoms. The molecule has 2 atom stereocenters. The minimum atomic E-state index is -0.952. The molecule has 6 heteroatoms. The average Bonchev–Trinajstić information content (AvgIpc) is 2.46. The van der Waals surface area contributed by atoms with Gasteiger partial charge in [0.2, 0.25) is 5.91 Å². The fraction of sp³-hybridized carbons (Fsp3) is 0.467. The Bertz CT molecular complexity index is 562. The molecule has 1 aromatic carbocycles. The number of carboxylic acids is 1. The number of hydrogen-bond acceptors (Lipinski definition) is 3. The summed E-state index contributed by atoms with van der Waals surface area (Å²) in [5.74, 6) is -1.94. The molecule has 2 rings (SSSR count). The van der Waals surface area contributed by atoms with Crippen molar-refractivity contribution in [2.24, 2.45) is 11.7 Å². The van der Waals surface area contributed by atoms with E-state index in [-0.39, 0.29) is 11.3 Å². The lowest BCUT2D eigenvalue weighted by atomic mass is 9.88. The molecule has 0 radical (unpaired) electrons. The third kappa shape index (κ3) is 3.15. The zero-order valence-electron chi connectivity index (χ0n) is 11.9. The van der Waals surface area contributed by atoms with Crippen LogP contribution in [0.2, 0.25) is 0 Å². The number of anilines is 1. The summed E-state index contributed by atoms with van der Waals surface area (Å²) in [7, 11) is 0. The number of aliphatic carboxylic acids is 1. The van der Waals surface area contributed by atoms with E-state index in [0.717, 1.165) is 18.9 Å². The monoisotopic (exact) mass is 294 g/mol. The first-order valence-corrected chi connectivity index (χ1v) is 7.02. The minimum absolute atomic E-state index is 0.0755. The van der Waals surface area contributed by atoms with E-state index in [2.05, 4.69) is 0 Å². The number of amides is 1. The van der Waals surface area contributed by atoms with E-state index in [0.29, 0.717) is 18.9 Å². The number of carboxylic acid groups (broad SMARTS) is 1. The third-order valence-corrected chi connectivity index (χ3v) is 4.12. The van der Waals surface area contributed by atoms with Crippen LogP contribution >= 0.6 is 0 Å². The summed E-state index contributed by atoms with van der Waals surface area (Å²) in [6, 6.07) is 3.17. The lowest BCUT2D eigenvalue weighted by molar-refractivity contribution is -0.139. The lowest BCUT2D eigenvalue weighted by Crippen LogP contribution is -2.47. The molecule has 114 valence electrons. The van der Waals surface area contributed by atoms with Crippen LogP contribution in [0, 0.1) is 11.7 Å². The Hall–Kier alpha value is -2.11. The van der Waals surface area contributed by atoms with Crippen molar-refractivity contribution in [3.8, 4) is 0 Å². The summed E-state index contributed by atoms with van der Waals surface area (Å²) in [4.78, 5) is 24.1. The van der Waals surface area contributed by atoms with E-state index < -0.39 is 23.7 Å². The van der Waals surface area contributed by atoms with Gasteiger partial charge in [0.25, 0.3) is 0 Å². The number of nitrogens with zero attached hydrogens (tertiary/aromatic N) is 1. The predicted molar refractivity (Wildman–Crippen MR) is 76.7 cm³/mol. The van der Waals surface area contributed by atoms with Crippen LogP contribution in [-0.2, 0) is 4.79 Å². The van der Waals surface area contributed by atoms with Crippen LogP contribution in [0.4, 0.5) is 10.1 Å². The first-order chi connectivity index (χ1) is 9.93.